The normalized spacial score (nSPS) is 13.6. The largest absolute Gasteiger partial charge is 0.383 e. The smallest absolute Gasteiger partial charge is 0.174 e. The van der Waals surface area contributed by atoms with Crippen LogP contribution in [0, 0.1) is 0 Å². The van der Waals surface area contributed by atoms with Crippen LogP contribution in [0.3, 0.4) is 0 Å². The third kappa shape index (κ3) is 5.21. The van der Waals surface area contributed by atoms with Crippen molar-refractivity contribution in [1.82, 2.24) is 5.32 Å². The van der Waals surface area contributed by atoms with Crippen LogP contribution in [0.1, 0.15) is 13.8 Å². The second-order valence-electron chi connectivity index (χ2n) is 2.63. The lowest BCUT2D eigenvalue weighted by Gasteiger charge is -2.25. The van der Waals surface area contributed by atoms with Gasteiger partial charge in [-0.15, -0.1) is 0 Å². The summed E-state index contributed by atoms with van der Waals surface area (Å²) < 4.78 is 15.9. The van der Waals surface area contributed by atoms with Crippen LogP contribution in [0.5, 0.6) is 0 Å². The zero-order chi connectivity index (χ0) is 10.1. The molecule has 0 aromatic heterocycles. The summed E-state index contributed by atoms with van der Waals surface area (Å²) in [6, 6.07) is 0.0879. The molecule has 0 aliphatic carbocycles. The standard InChI is InChI=1S/C9H21NO3/c1-5-12-9(13-6-2)8(10-3)7-11-4/h8-10H,5-7H2,1-4H3. The Morgan fingerprint density at radius 1 is 1.15 bits per heavy atom. The average molecular weight is 191 g/mol. The van der Waals surface area contributed by atoms with Gasteiger partial charge in [-0.2, -0.15) is 0 Å². The molecule has 0 aromatic rings. The van der Waals surface area contributed by atoms with Crippen LogP contribution >= 0.6 is 0 Å². The molecule has 0 saturated heterocycles. The van der Waals surface area contributed by atoms with Crippen LogP contribution in [-0.4, -0.2) is 46.3 Å². The number of likely N-dealkylation sites (N-methyl/N-ethyl adjacent to an activating group) is 1. The Bertz CT molecular complexity index is 105. The Labute approximate surface area is 80.5 Å². The van der Waals surface area contributed by atoms with E-state index in [1.165, 1.54) is 0 Å². The molecular formula is C9H21NO3. The molecule has 4 heteroatoms. The summed E-state index contributed by atoms with van der Waals surface area (Å²) in [6.45, 7) is 5.78. The van der Waals surface area contributed by atoms with Gasteiger partial charge in [-0.3, -0.25) is 0 Å². The average Bonchev–Trinajstić information content (AvgIpc) is 2.14. The van der Waals surface area contributed by atoms with Crippen molar-refractivity contribution in [2.75, 3.05) is 34.0 Å². The molecule has 1 unspecified atom stereocenters. The topological polar surface area (TPSA) is 39.7 Å². The molecule has 1 atom stereocenters. The molecule has 0 rings (SSSR count). The van der Waals surface area contributed by atoms with Crippen LogP contribution in [0.2, 0.25) is 0 Å². The minimum atomic E-state index is -0.222. The molecular weight excluding hydrogens is 170 g/mol. The van der Waals surface area contributed by atoms with Crippen LogP contribution in [0.4, 0.5) is 0 Å². The minimum Gasteiger partial charge on any atom is -0.383 e. The van der Waals surface area contributed by atoms with Crippen LogP contribution in [0.15, 0.2) is 0 Å². The van der Waals surface area contributed by atoms with Gasteiger partial charge >= 0.3 is 0 Å². The molecule has 0 aliphatic rings. The van der Waals surface area contributed by atoms with Gasteiger partial charge in [0.15, 0.2) is 6.29 Å². The Morgan fingerprint density at radius 3 is 2.00 bits per heavy atom. The third-order valence-corrected chi connectivity index (χ3v) is 1.71. The fourth-order valence-corrected chi connectivity index (χ4v) is 1.09. The van der Waals surface area contributed by atoms with Crippen molar-refractivity contribution in [3.8, 4) is 0 Å². The van der Waals surface area contributed by atoms with Crippen molar-refractivity contribution in [2.24, 2.45) is 0 Å². The van der Waals surface area contributed by atoms with E-state index in [2.05, 4.69) is 5.32 Å². The molecule has 0 aliphatic heterocycles. The van der Waals surface area contributed by atoms with Crippen molar-refractivity contribution in [3.05, 3.63) is 0 Å². The van der Waals surface area contributed by atoms with Crippen LogP contribution < -0.4 is 5.32 Å². The van der Waals surface area contributed by atoms with Crippen LogP contribution in [-0.2, 0) is 14.2 Å². The second-order valence-corrected chi connectivity index (χ2v) is 2.63. The molecule has 0 bridgehead atoms. The maximum Gasteiger partial charge on any atom is 0.174 e. The van der Waals surface area contributed by atoms with Crippen molar-refractivity contribution in [3.63, 3.8) is 0 Å². The summed E-state index contributed by atoms with van der Waals surface area (Å²) in [5.74, 6) is 0. The van der Waals surface area contributed by atoms with Gasteiger partial charge in [-0.1, -0.05) is 0 Å². The lowest BCUT2D eigenvalue weighted by atomic mass is 10.3. The van der Waals surface area contributed by atoms with E-state index in [1.807, 2.05) is 20.9 Å². The summed E-state index contributed by atoms with van der Waals surface area (Å²) in [4.78, 5) is 0. The number of ether oxygens (including phenoxy) is 3. The number of hydrogen-bond acceptors (Lipinski definition) is 4. The first-order valence-corrected chi connectivity index (χ1v) is 4.69. The van der Waals surface area contributed by atoms with E-state index >= 15 is 0 Å². The van der Waals surface area contributed by atoms with Gasteiger partial charge < -0.3 is 19.5 Å². The van der Waals surface area contributed by atoms with Gasteiger partial charge in [-0.25, -0.2) is 0 Å². The monoisotopic (exact) mass is 191 g/mol. The third-order valence-electron chi connectivity index (χ3n) is 1.71. The second kappa shape index (κ2) is 8.44. The Morgan fingerprint density at radius 2 is 1.69 bits per heavy atom. The van der Waals surface area contributed by atoms with E-state index in [-0.39, 0.29) is 12.3 Å². The zero-order valence-electron chi connectivity index (χ0n) is 9.00. The van der Waals surface area contributed by atoms with Crippen molar-refractivity contribution < 1.29 is 14.2 Å². The Kier molecular flexibility index (Phi) is 8.33. The van der Waals surface area contributed by atoms with Gasteiger partial charge in [0.05, 0.1) is 12.6 Å². The number of rotatable bonds is 8. The summed E-state index contributed by atoms with van der Waals surface area (Å²) in [5.41, 5.74) is 0. The minimum absolute atomic E-state index is 0.0879. The van der Waals surface area contributed by atoms with Gasteiger partial charge in [0.25, 0.3) is 0 Å². The molecule has 80 valence electrons. The molecule has 0 fully saturated rings. The molecule has 1 N–H and O–H groups in total. The highest BCUT2D eigenvalue weighted by molar-refractivity contribution is 4.67. The van der Waals surface area contributed by atoms with E-state index in [9.17, 15) is 0 Å². The van der Waals surface area contributed by atoms with Crippen LogP contribution in [0.25, 0.3) is 0 Å². The predicted octanol–water partition coefficient (Wildman–Crippen LogP) is 0.620. The van der Waals surface area contributed by atoms with E-state index in [0.29, 0.717) is 19.8 Å². The number of nitrogens with one attached hydrogen (secondary N) is 1. The van der Waals surface area contributed by atoms with Gasteiger partial charge in [-0.05, 0) is 20.9 Å². The fourth-order valence-electron chi connectivity index (χ4n) is 1.09. The molecule has 0 aromatic carbocycles. The van der Waals surface area contributed by atoms with E-state index in [0.717, 1.165) is 0 Å². The molecule has 0 amide bonds. The summed E-state index contributed by atoms with van der Waals surface area (Å²) in [5, 5.41) is 3.10. The molecule has 0 heterocycles. The molecule has 4 nitrogen and oxygen atoms in total. The van der Waals surface area contributed by atoms with Crippen molar-refractivity contribution >= 4 is 0 Å². The molecule has 0 radical (unpaired) electrons. The quantitative estimate of drug-likeness (QED) is 0.571. The predicted molar refractivity (Wildman–Crippen MR) is 51.8 cm³/mol. The fraction of sp³-hybridized carbons (Fsp3) is 1.00. The number of methoxy groups -OCH3 is 1. The first-order chi connectivity index (χ1) is 6.29. The lowest BCUT2D eigenvalue weighted by Crippen LogP contribution is -2.44. The highest BCUT2D eigenvalue weighted by Gasteiger charge is 2.19. The number of hydrogen-bond donors (Lipinski definition) is 1. The van der Waals surface area contributed by atoms with Crippen molar-refractivity contribution in [1.29, 1.82) is 0 Å². The molecule has 0 spiro atoms. The van der Waals surface area contributed by atoms with Gasteiger partial charge in [0.2, 0.25) is 0 Å². The Hall–Kier alpha value is -0.160. The SMILES string of the molecule is CCOC(OCC)C(COC)NC. The highest BCUT2D eigenvalue weighted by atomic mass is 16.7. The lowest BCUT2D eigenvalue weighted by molar-refractivity contribution is -0.160. The van der Waals surface area contributed by atoms with E-state index in [1.54, 1.807) is 7.11 Å². The van der Waals surface area contributed by atoms with Gasteiger partial charge in [0, 0.05) is 20.3 Å². The molecule has 0 saturated carbocycles. The zero-order valence-corrected chi connectivity index (χ0v) is 9.00. The first kappa shape index (κ1) is 12.8. The summed E-state index contributed by atoms with van der Waals surface area (Å²) in [7, 11) is 3.54. The van der Waals surface area contributed by atoms with E-state index < -0.39 is 0 Å². The maximum atomic E-state index is 5.42. The van der Waals surface area contributed by atoms with Crippen molar-refractivity contribution in [2.45, 2.75) is 26.2 Å². The first-order valence-electron chi connectivity index (χ1n) is 4.69. The van der Waals surface area contributed by atoms with E-state index in [4.69, 9.17) is 14.2 Å². The summed E-state index contributed by atoms with van der Waals surface area (Å²) >= 11 is 0. The molecule has 13 heavy (non-hydrogen) atoms. The van der Waals surface area contributed by atoms with Gasteiger partial charge in [0.1, 0.15) is 0 Å². The Balaban J connectivity index is 3.94. The maximum absolute atomic E-state index is 5.42. The summed E-state index contributed by atoms with van der Waals surface area (Å²) in [6.07, 6.45) is -0.222. The highest BCUT2D eigenvalue weighted by Crippen LogP contribution is 2.02.